The van der Waals surface area contributed by atoms with Crippen molar-refractivity contribution in [1.82, 2.24) is 5.32 Å². The molecule has 0 spiro atoms. The molecule has 1 rings (SSSR count). The summed E-state index contributed by atoms with van der Waals surface area (Å²) in [6.07, 6.45) is 1.03. The van der Waals surface area contributed by atoms with Crippen LogP contribution in [0.3, 0.4) is 0 Å². The fourth-order valence-corrected chi connectivity index (χ4v) is 1.83. The highest BCUT2D eigenvalue weighted by molar-refractivity contribution is 5.28. The quantitative estimate of drug-likeness (QED) is 0.827. The van der Waals surface area contributed by atoms with E-state index in [1.165, 1.54) is 12.1 Å². The molecule has 0 saturated carbocycles. The van der Waals surface area contributed by atoms with Gasteiger partial charge >= 0.3 is 0 Å². The Bertz CT molecular complexity index is 377. The van der Waals surface area contributed by atoms with E-state index < -0.39 is 0 Å². The number of nitrogens with one attached hydrogen (secondary N) is 1. The van der Waals surface area contributed by atoms with Crippen LogP contribution in [-0.4, -0.2) is 12.6 Å². The third-order valence-electron chi connectivity index (χ3n) is 3.23. The topological polar surface area (TPSA) is 12.0 Å². The van der Waals surface area contributed by atoms with Crippen molar-refractivity contribution in [2.75, 3.05) is 6.54 Å². The van der Waals surface area contributed by atoms with Gasteiger partial charge in [0.2, 0.25) is 0 Å². The fourth-order valence-electron chi connectivity index (χ4n) is 1.83. The molecule has 0 aliphatic carbocycles. The van der Waals surface area contributed by atoms with Crippen LogP contribution >= 0.6 is 0 Å². The summed E-state index contributed by atoms with van der Waals surface area (Å²) in [6.45, 7) is 8.46. The van der Waals surface area contributed by atoms with Crippen LogP contribution in [0.5, 0.6) is 0 Å². The van der Waals surface area contributed by atoms with E-state index in [4.69, 9.17) is 0 Å². The molecule has 1 N–H and O–H groups in total. The Morgan fingerprint density at radius 3 is 2.41 bits per heavy atom. The van der Waals surface area contributed by atoms with Crippen molar-refractivity contribution >= 4 is 0 Å². The molecule has 0 bridgehead atoms. The zero-order valence-corrected chi connectivity index (χ0v) is 11.0. The van der Waals surface area contributed by atoms with Crippen molar-refractivity contribution in [1.29, 1.82) is 0 Å². The lowest BCUT2D eigenvalue weighted by Crippen LogP contribution is -2.31. The van der Waals surface area contributed by atoms with Gasteiger partial charge < -0.3 is 5.32 Å². The Kier molecular flexibility index (Phi) is 5.06. The second kappa shape index (κ2) is 6.10. The number of aryl methyl sites for hydroxylation is 1. The van der Waals surface area contributed by atoms with Crippen molar-refractivity contribution < 1.29 is 8.78 Å². The minimum Gasteiger partial charge on any atom is -0.314 e. The molecule has 0 fully saturated rings. The van der Waals surface area contributed by atoms with Crippen LogP contribution in [0.2, 0.25) is 0 Å². The number of hydrogen-bond acceptors (Lipinski definition) is 1. The summed E-state index contributed by atoms with van der Waals surface area (Å²) in [7, 11) is 0. The fraction of sp³-hybridized carbons (Fsp3) is 0.571. The molecular weight excluding hydrogens is 220 g/mol. The van der Waals surface area contributed by atoms with E-state index in [0.29, 0.717) is 11.1 Å². The molecule has 2 unspecified atom stereocenters. The molecule has 0 amide bonds. The first-order chi connectivity index (χ1) is 7.97. The van der Waals surface area contributed by atoms with Crippen molar-refractivity contribution in [2.24, 2.45) is 0 Å². The summed E-state index contributed by atoms with van der Waals surface area (Å²) in [5.41, 5.74) is 0.803. The van der Waals surface area contributed by atoms with Crippen molar-refractivity contribution in [3.63, 3.8) is 0 Å². The minimum atomic E-state index is -0.337. The lowest BCUT2D eigenvalue weighted by molar-refractivity contribution is 0.461. The second-order valence-corrected chi connectivity index (χ2v) is 4.65. The molecule has 1 nitrogen and oxygen atoms in total. The predicted octanol–water partition coefficient (Wildman–Crippen LogP) is 3.76. The summed E-state index contributed by atoms with van der Waals surface area (Å²) >= 11 is 0. The maximum Gasteiger partial charge on any atom is 0.127 e. The molecule has 17 heavy (non-hydrogen) atoms. The van der Waals surface area contributed by atoms with Crippen LogP contribution in [-0.2, 0) is 0 Å². The van der Waals surface area contributed by atoms with Gasteiger partial charge in [0, 0.05) is 6.04 Å². The average Bonchev–Trinajstić information content (AvgIpc) is 2.29. The van der Waals surface area contributed by atoms with Crippen LogP contribution in [0.4, 0.5) is 8.78 Å². The third kappa shape index (κ3) is 3.50. The highest BCUT2D eigenvalue weighted by Crippen LogP contribution is 2.24. The minimum absolute atomic E-state index is 0.0448. The highest BCUT2D eigenvalue weighted by Gasteiger charge is 2.18. The van der Waals surface area contributed by atoms with Gasteiger partial charge in [0.05, 0.1) is 0 Å². The molecule has 1 aromatic rings. The Balaban J connectivity index is 2.88. The standard InChI is InChI=1S/C14H21F2N/c1-5-6-17-11(4)10(3)12-8-13(15)9(2)7-14(12)16/h7-8,10-11,17H,5-6H2,1-4H3. The van der Waals surface area contributed by atoms with Gasteiger partial charge in [-0.05, 0) is 56.0 Å². The van der Waals surface area contributed by atoms with E-state index in [2.05, 4.69) is 12.2 Å². The van der Waals surface area contributed by atoms with Crippen molar-refractivity contribution in [3.8, 4) is 0 Å². The second-order valence-electron chi connectivity index (χ2n) is 4.65. The normalized spacial score (nSPS) is 14.7. The Hall–Kier alpha value is -0.960. The molecule has 0 saturated heterocycles. The summed E-state index contributed by atoms with van der Waals surface area (Å²) in [5.74, 6) is -0.700. The van der Waals surface area contributed by atoms with E-state index in [-0.39, 0.29) is 23.6 Å². The van der Waals surface area contributed by atoms with Crippen LogP contribution in [0.15, 0.2) is 12.1 Å². The maximum atomic E-state index is 13.8. The van der Waals surface area contributed by atoms with Crippen molar-refractivity contribution in [3.05, 3.63) is 34.9 Å². The molecular formula is C14H21F2N. The van der Waals surface area contributed by atoms with Crippen molar-refractivity contribution in [2.45, 2.75) is 46.1 Å². The van der Waals surface area contributed by atoms with Crippen LogP contribution in [0, 0.1) is 18.6 Å². The zero-order valence-electron chi connectivity index (χ0n) is 11.0. The molecule has 0 aliphatic heterocycles. The molecule has 3 heteroatoms. The SMILES string of the molecule is CCCNC(C)C(C)c1cc(F)c(C)cc1F. The van der Waals surface area contributed by atoms with Crippen LogP contribution < -0.4 is 5.32 Å². The smallest absolute Gasteiger partial charge is 0.127 e. The lowest BCUT2D eigenvalue weighted by atomic mass is 9.93. The number of rotatable bonds is 5. The monoisotopic (exact) mass is 241 g/mol. The van der Waals surface area contributed by atoms with E-state index in [0.717, 1.165) is 13.0 Å². The van der Waals surface area contributed by atoms with Crippen LogP contribution in [0.25, 0.3) is 0 Å². The Morgan fingerprint density at radius 1 is 1.18 bits per heavy atom. The number of hydrogen-bond donors (Lipinski definition) is 1. The molecule has 2 atom stereocenters. The molecule has 1 aromatic carbocycles. The Labute approximate surface area is 102 Å². The van der Waals surface area contributed by atoms with E-state index in [1.54, 1.807) is 6.92 Å². The van der Waals surface area contributed by atoms with Gasteiger partial charge in [0.25, 0.3) is 0 Å². The summed E-state index contributed by atoms with van der Waals surface area (Å²) in [5, 5.41) is 3.30. The molecule has 0 radical (unpaired) electrons. The lowest BCUT2D eigenvalue weighted by Gasteiger charge is -2.22. The highest BCUT2D eigenvalue weighted by atomic mass is 19.1. The molecule has 0 heterocycles. The predicted molar refractivity (Wildman–Crippen MR) is 67.3 cm³/mol. The summed E-state index contributed by atoms with van der Waals surface area (Å²) in [6, 6.07) is 2.72. The van der Waals surface area contributed by atoms with Gasteiger partial charge in [0.15, 0.2) is 0 Å². The zero-order chi connectivity index (χ0) is 13.0. The first-order valence-electron chi connectivity index (χ1n) is 6.16. The van der Waals surface area contributed by atoms with Gasteiger partial charge in [-0.25, -0.2) is 8.78 Å². The van der Waals surface area contributed by atoms with E-state index >= 15 is 0 Å². The van der Waals surface area contributed by atoms with E-state index in [9.17, 15) is 8.78 Å². The molecule has 96 valence electrons. The van der Waals surface area contributed by atoms with Crippen LogP contribution in [0.1, 0.15) is 44.2 Å². The first kappa shape index (κ1) is 14.1. The largest absolute Gasteiger partial charge is 0.314 e. The molecule has 0 aromatic heterocycles. The van der Waals surface area contributed by atoms with Gasteiger partial charge in [-0.15, -0.1) is 0 Å². The summed E-state index contributed by atoms with van der Waals surface area (Å²) in [4.78, 5) is 0. The van der Waals surface area contributed by atoms with Gasteiger partial charge in [-0.3, -0.25) is 0 Å². The first-order valence-corrected chi connectivity index (χ1v) is 6.16. The third-order valence-corrected chi connectivity index (χ3v) is 3.23. The van der Waals surface area contributed by atoms with Gasteiger partial charge in [-0.2, -0.15) is 0 Å². The van der Waals surface area contributed by atoms with Gasteiger partial charge in [-0.1, -0.05) is 13.8 Å². The van der Waals surface area contributed by atoms with Gasteiger partial charge in [0.1, 0.15) is 11.6 Å². The number of benzene rings is 1. The number of halogens is 2. The average molecular weight is 241 g/mol. The van der Waals surface area contributed by atoms with E-state index in [1.807, 2.05) is 13.8 Å². The molecule has 0 aliphatic rings. The summed E-state index contributed by atoms with van der Waals surface area (Å²) < 4.78 is 27.2. The Morgan fingerprint density at radius 2 is 1.82 bits per heavy atom. The maximum absolute atomic E-state index is 13.8.